The lowest BCUT2D eigenvalue weighted by molar-refractivity contribution is -0.108. The number of alkyl halides is 6. The highest BCUT2D eigenvalue weighted by Gasteiger charge is 2.60. The standard InChI is InChI=1S/C15H15F6P/c16-14(17,18)10-11(22-12(10)15(19,20)21)13-4-7-1-8(5-13)3-9(2-7)6-13/h7-9H,1-6H2. The average Bonchev–Trinajstić information content (AvgIpc) is 2.19. The van der Waals surface area contributed by atoms with Gasteiger partial charge in [0.25, 0.3) is 0 Å². The van der Waals surface area contributed by atoms with Crippen molar-refractivity contribution in [2.45, 2.75) is 50.9 Å². The van der Waals surface area contributed by atoms with E-state index in [1.807, 2.05) is 0 Å². The molecule has 5 rings (SSSR count). The fourth-order valence-corrected chi connectivity index (χ4v) is 6.94. The van der Waals surface area contributed by atoms with Crippen LogP contribution in [0.4, 0.5) is 26.3 Å². The van der Waals surface area contributed by atoms with Gasteiger partial charge in [0, 0.05) is 5.41 Å². The maximum Gasteiger partial charge on any atom is 0.421 e. The summed E-state index contributed by atoms with van der Waals surface area (Å²) >= 11 is 0. The Morgan fingerprint density at radius 3 is 1.59 bits per heavy atom. The van der Waals surface area contributed by atoms with Crippen LogP contribution in [0.25, 0.3) is 0 Å². The van der Waals surface area contributed by atoms with E-state index in [-0.39, 0.29) is 13.5 Å². The first-order valence-corrected chi connectivity index (χ1v) is 8.46. The van der Waals surface area contributed by atoms with Gasteiger partial charge in [0.15, 0.2) is 0 Å². The summed E-state index contributed by atoms with van der Waals surface area (Å²) in [6.07, 6.45) is -4.63. The van der Waals surface area contributed by atoms with Gasteiger partial charge >= 0.3 is 12.4 Å². The Bertz CT molecular complexity index is 545. The van der Waals surface area contributed by atoms with Crippen molar-refractivity contribution >= 4 is 13.5 Å². The maximum absolute atomic E-state index is 13.2. The molecule has 0 aromatic carbocycles. The van der Waals surface area contributed by atoms with Gasteiger partial charge in [-0.15, -0.1) is 0 Å². The zero-order chi connectivity index (χ0) is 15.9. The molecular weight excluding hydrogens is 325 g/mol. The zero-order valence-corrected chi connectivity index (χ0v) is 12.6. The van der Waals surface area contributed by atoms with Gasteiger partial charge in [-0.05, 0) is 61.6 Å². The van der Waals surface area contributed by atoms with Crippen LogP contribution in [0.3, 0.4) is 0 Å². The van der Waals surface area contributed by atoms with E-state index < -0.39 is 28.7 Å². The summed E-state index contributed by atoms with van der Waals surface area (Å²) in [6, 6.07) is 0. The first-order chi connectivity index (χ1) is 10.1. The van der Waals surface area contributed by atoms with Gasteiger partial charge in [0.2, 0.25) is 0 Å². The second-order valence-corrected chi connectivity index (χ2v) is 8.50. The minimum Gasteiger partial charge on any atom is -0.166 e. The van der Waals surface area contributed by atoms with E-state index in [0.717, 1.165) is 19.3 Å². The van der Waals surface area contributed by atoms with Crippen molar-refractivity contribution in [3.05, 3.63) is 10.9 Å². The second-order valence-electron chi connectivity index (χ2n) is 7.38. The quantitative estimate of drug-likeness (QED) is 0.423. The zero-order valence-electron chi connectivity index (χ0n) is 11.7. The van der Waals surface area contributed by atoms with Crippen LogP contribution in [0.15, 0.2) is 10.9 Å². The number of hydrogen-bond donors (Lipinski definition) is 0. The topological polar surface area (TPSA) is 0 Å². The molecule has 0 amide bonds. The molecular formula is C15H15F6P. The molecule has 1 heterocycles. The van der Waals surface area contributed by atoms with Gasteiger partial charge in [-0.1, -0.05) is 8.20 Å². The predicted octanol–water partition coefficient (Wildman–Crippen LogP) is 5.71. The van der Waals surface area contributed by atoms with Crippen LogP contribution in [0.2, 0.25) is 0 Å². The Labute approximate surface area is 125 Å². The molecule has 1 aliphatic heterocycles. The summed E-state index contributed by atoms with van der Waals surface area (Å²) in [6.45, 7) is 0. The van der Waals surface area contributed by atoms with Crippen LogP contribution < -0.4 is 0 Å². The molecule has 0 aromatic heterocycles. The summed E-state index contributed by atoms with van der Waals surface area (Å²) in [5, 5.41) is -1.34. The Hall–Kier alpha value is -0.510. The molecule has 0 spiro atoms. The molecule has 0 atom stereocenters. The van der Waals surface area contributed by atoms with Gasteiger partial charge in [-0.25, -0.2) is 0 Å². The van der Waals surface area contributed by atoms with Crippen molar-refractivity contribution in [2.24, 2.45) is 23.2 Å². The summed E-state index contributed by atoms with van der Waals surface area (Å²) in [5.41, 5.74) is -1.95. The van der Waals surface area contributed by atoms with E-state index in [2.05, 4.69) is 0 Å². The number of hydrogen-bond acceptors (Lipinski definition) is 0. The molecule has 0 N–H and O–H groups in total. The molecule has 0 nitrogen and oxygen atoms in total. The lowest BCUT2D eigenvalue weighted by Crippen LogP contribution is -2.52. The van der Waals surface area contributed by atoms with Gasteiger partial charge in [-0.3, -0.25) is 0 Å². The van der Waals surface area contributed by atoms with Gasteiger partial charge < -0.3 is 0 Å². The molecule has 0 unspecified atom stereocenters. The van der Waals surface area contributed by atoms with Crippen LogP contribution in [0.5, 0.6) is 0 Å². The molecule has 0 saturated heterocycles. The molecule has 4 aliphatic carbocycles. The van der Waals surface area contributed by atoms with Crippen LogP contribution >= 0.6 is 8.20 Å². The molecule has 22 heavy (non-hydrogen) atoms. The number of rotatable bonds is 1. The van der Waals surface area contributed by atoms with E-state index in [0.29, 0.717) is 37.0 Å². The first-order valence-electron chi connectivity index (χ1n) is 7.57. The van der Waals surface area contributed by atoms with Crippen molar-refractivity contribution in [1.82, 2.24) is 0 Å². The Kier molecular flexibility index (Phi) is 2.95. The molecule has 0 radical (unpaired) electrons. The van der Waals surface area contributed by atoms with Crippen molar-refractivity contribution in [2.75, 3.05) is 0 Å². The highest BCUT2D eigenvalue weighted by atomic mass is 31.1. The highest BCUT2D eigenvalue weighted by Crippen LogP contribution is 2.66. The smallest absolute Gasteiger partial charge is 0.166 e. The minimum atomic E-state index is -4.89. The third-order valence-electron chi connectivity index (χ3n) is 5.79. The second kappa shape index (κ2) is 4.31. The van der Waals surface area contributed by atoms with E-state index in [1.165, 1.54) is 0 Å². The van der Waals surface area contributed by atoms with Crippen molar-refractivity contribution in [3.8, 4) is 0 Å². The predicted molar refractivity (Wildman–Crippen MR) is 71.7 cm³/mol. The Morgan fingerprint density at radius 2 is 1.23 bits per heavy atom. The Balaban J connectivity index is 1.72. The molecule has 5 aliphatic rings. The first kappa shape index (κ1) is 15.0. The summed E-state index contributed by atoms with van der Waals surface area (Å²) in [5.74, 6) is 1.25. The lowest BCUT2D eigenvalue weighted by atomic mass is 9.48. The van der Waals surface area contributed by atoms with E-state index in [4.69, 9.17) is 0 Å². The monoisotopic (exact) mass is 340 g/mol. The molecule has 0 aromatic rings. The van der Waals surface area contributed by atoms with Crippen molar-refractivity contribution in [3.63, 3.8) is 0 Å². The van der Waals surface area contributed by atoms with E-state index in [1.54, 1.807) is 0 Å². The molecule has 122 valence electrons. The van der Waals surface area contributed by atoms with E-state index >= 15 is 0 Å². The maximum atomic E-state index is 13.2. The van der Waals surface area contributed by atoms with Crippen LogP contribution in [-0.2, 0) is 0 Å². The normalized spacial score (nSPS) is 41.5. The average molecular weight is 340 g/mol. The van der Waals surface area contributed by atoms with Crippen molar-refractivity contribution in [1.29, 1.82) is 0 Å². The van der Waals surface area contributed by atoms with Crippen LogP contribution in [0.1, 0.15) is 38.5 Å². The largest absolute Gasteiger partial charge is 0.421 e. The molecule has 7 heteroatoms. The summed E-state index contributed by atoms with van der Waals surface area (Å²) in [7, 11) is -0.221. The van der Waals surface area contributed by atoms with Gasteiger partial charge in [0.05, 0.1) is 10.9 Å². The fraction of sp³-hybridized carbons (Fsp3) is 0.800. The summed E-state index contributed by atoms with van der Waals surface area (Å²) < 4.78 is 78.2. The van der Waals surface area contributed by atoms with Crippen LogP contribution in [0, 0.1) is 23.2 Å². The third-order valence-corrected chi connectivity index (χ3v) is 7.41. The van der Waals surface area contributed by atoms with Gasteiger partial charge in [-0.2, -0.15) is 26.3 Å². The van der Waals surface area contributed by atoms with Crippen LogP contribution in [-0.4, -0.2) is 17.6 Å². The molecule has 4 fully saturated rings. The van der Waals surface area contributed by atoms with E-state index in [9.17, 15) is 26.3 Å². The number of allylic oxidation sites excluding steroid dienone is 2. The number of halogens is 6. The van der Waals surface area contributed by atoms with Gasteiger partial charge in [0.1, 0.15) is 0 Å². The molecule has 4 bridgehead atoms. The Morgan fingerprint density at radius 1 is 0.773 bits per heavy atom. The lowest BCUT2D eigenvalue weighted by Gasteiger charge is -2.58. The van der Waals surface area contributed by atoms with Crippen molar-refractivity contribution < 1.29 is 26.3 Å². The fourth-order valence-electron chi connectivity index (χ4n) is 5.54. The minimum absolute atomic E-state index is 0.0476. The SMILES string of the molecule is FC(F)(F)C1=C(C(F)(F)F)C(C23CC4CC(CC(C4)C2)C3)=P1. The highest BCUT2D eigenvalue weighted by molar-refractivity contribution is 7.49. The third kappa shape index (κ3) is 2.09. The molecule has 4 saturated carbocycles. The summed E-state index contributed by atoms with van der Waals surface area (Å²) in [4.78, 5) is 0.